The molecule has 4 heteroatoms. The zero-order valence-corrected chi connectivity index (χ0v) is 18.9. The summed E-state index contributed by atoms with van der Waals surface area (Å²) in [5, 5.41) is 0. The number of rotatable bonds is 10. The van der Waals surface area contributed by atoms with E-state index in [2.05, 4.69) is 50.7 Å². The molecule has 0 aromatic carbocycles. The van der Waals surface area contributed by atoms with Crippen LogP contribution in [0, 0.1) is 23.7 Å². The van der Waals surface area contributed by atoms with Crippen LogP contribution in [0.4, 0.5) is 0 Å². The van der Waals surface area contributed by atoms with Crippen LogP contribution >= 0.6 is 0 Å². The van der Waals surface area contributed by atoms with Crippen molar-refractivity contribution in [3.05, 3.63) is 0 Å². The van der Waals surface area contributed by atoms with Gasteiger partial charge in [0.1, 0.15) is 26.2 Å². The quantitative estimate of drug-likeness (QED) is 0.399. The summed E-state index contributed by atoms with van der Waals surface area (Å²) in [7, 11) is 0. The summed E-state index contributed by atoms with van der Waals surface area (Å²) in [6.45, 7) is 19.5. The molecule has 0 saturated carbocycles. The lowest BCUT2D eigenvalue weighted by Crippen LogP contribution is -2.19. The van der Waals surface area contributed by atoms with E-state index in [1.165, 1.54) is 71.1 Å². The van der Waals surface area contributed by atoms with Crippen LogP contribution in [0.15, 0.2) is 0 Å². The summed E-state index contributed by atoms with van der Waals surface area (Å²) in [6.07, 6.45) is 9.41. The van der Waals surface area contributed by atoms with Gasteiger partial charge in [0.25, 0.3) is 0 Å². The van der Waals surface area contributed by atoms with Gasteiger partial charge in [-0.25, -0.2) is 9.15 Å². The fraction of sp³-hybridized carbons (Fsp3) is 0.913. The lowest BCUT2D eigenvalue weighted by Gasteiger charge is -2.09. The van der Waals surface area contributed by atoms with Crippen molar-refractivity contribution in [2.24, 2.45) is 23.7 Å². The molecule has 0 amide bonds. The van der Waals surface area contributed by atoms with Gasteiger partial charge >= 0.3 is 0 Å². The van der Waals surface area contributed by atoms with Gasteiger partial charge in [-0.3, -0.25) is 0 Å². The summed E-state index contributed by atoms with van der Waals surface area (Å²) >= 11 is 0. The average molecular weight is 383 g/mol. The molecule has 0 aliphatic carbocycles. The minimum Gasteiger partial charge on any atom is -0.870 e. The standard InChI is InChI=1S/C23H44N2.2H2O/c1-7-14-24-16-18(3)20(5)22(24)12-10-9-11-13-23-21(6)19(4)17-25(23)15-8-2;;/h18-21H,7-17H2,1-6H3;2*1H2/q+2;;/p-2. The maximum absolute atomic E-state index is 2.70. The highest BCUT2D eigenvalue weighted by Crippen LogP contribution is 2.26. The van der Waals surface area contributed by atoms with Crippen molar-refractivity contribution in [2.75, 3.05) is 26.2 Å². The first-order chi connectivity index (χ1) is 12.0. The molecule has 0 bridgehead atoms. The predicted molar refractivity (Wildman–Crippen MR) is 114 cm³/mol. The highest BCUT2D eigenvalue weighted by molar-refractivity contribution is 5.83. The molecule has 2 N–H and O–H groups in total. The Morgan fingerprint density at radius 3 is 1.37 bits per heavy atom. The van der Waals surface area contributed by atoms with Crippen LogP contribution in [0.5, 0.6) is 0 Å². The third-order valence-electron chi connectivity index (χ3n) is 6.94. The van der Waals surface area contributed by atoms with E-state index in [-0.39, 0.29) is 11.0 Å². The Balaban J connectivity index is 0.00000338. The molecular weight excluding hydrogens is 336 g/mol. The third kappa shape index (κ3) is 6.67. The number of nitrogens with zero attached hydrogens (tertiary/aromatic N) is 2. The van der Waals surface area contributed by atoms with Gasteiger partial charge in [-0.2, -0.15) is 0 Å². The molecule has 2 aliphatic rings. The van der Waals surface area contributed by atoms with Crippen LogP contribution in [0.3, 0.4) is 0 Å². The highest BCUT2D eigenvalue weighted by Gasteiger charge is 2.36. The fourth-order valence-electron chi connectivity index (χ4n) is 5.05. The van der Waals surface area contributed by atoms with E-state index < -0.39 is 0 Å². The van der Waals surface area contributed by atoms with Gasteiger partial charge in [-0.15, -0.1) is 0 Å². The third-order valence-corrected chi connectivity index (χ3v) is 6.94. The van der Waals surface area contributed by atoms with E-state index in [1.54, 1.807) is 11.4 Å². The van der Waals surface area contributed by atoms with E-state index in [4.69, 9.17) is 0 Å². The fourth-order valence-corrected chi connectivity index (χ4v) is 5.05. The average Bonchev–Trinajstić information content (AvgIpc) is 2.99. The van der Waals surface area contributed by atoms with E-state index in [0.717, 1.165) is 23.7 Å². The van der Waals surface area contributed by atoms with Gasteiger partial charge < -0.3 is 11.0 Å². The summed E-state index contributed by atoms with van der Waals surface area (Å²) in [5.74, 6) is 3.30. The molecule has 0 aromatic heterocycles. The molecule has 2 rings (SSSR count). The van der Waals surface area contributed by atoms with Crippen LogP contribution in [0.1, 0.15) is 86.5 Å². The van der Waals surface area contributed by atoms with Gasteiger partial charge in [0.05, 0.1) is 0 Å². The molecular formula is C23H46N2O2. The first-order valence-corrected chi connectivity index (χ1v) is 11.2. The second-order valence-electron chi connectivity index (χ2n) is 8.97. The minimum absolute atomic E-state index is 0. The SMILES string of the molecule is CCC[N+]1=C(CCCCCC2=[N+](CCC)CC(C)C2C)C(C)C(C)C1.[OH-].[OH-]. The molecule has 4 nitrogen and oxygen atoms in total. The Morgan fingerprint density at radius 2 is 1.04 bits per heavy atom. The Kier molecular flexibility index (Phi) is 12.3. The van der Waals surface area contributed by atoms with Crippen LogP contribution < -0.4 is 0 Å². The molecule has 0 saturated heterocycles. The van der Waals surface area contributed by atoms with Gasteiger partial charge in [-0.05, 0) is 12.8 Å². The van der Waals surface area contributed by atoms with Gasteiger partial charge in [0.2, 0.25) is 0 Å². The van der Waals surface area contributed by atoms with Crippen LogP contribution in [0.2, 0.25) is 0 Å². The Morgan fingerprint density at radius 1 is 0.667 bits per heavy atom. The molecule has 27 heavy (non-hydrogen) atoms. The van der Waals surface area contributed by atoms with Gasteiger partial charge in [0.15, 0.2) is 11.4 Å². The van der Waals surface area contributed by atoms with Crippen molar-refractivity contribution in [3.8, 4) is 0 Å². The van der Waals surface area contributed by atoms with Crippen LogP contribution in [-0.2, 0) is 0 Å². The molecule has 2 heterocycles. The molecule has 160 valence electrons. The van der Waals surface area contributed by atoms with E-state index in [1.807, 2.05) is 0 Å². The normalized spacial score (nSPS) is 27.8. The predicted octanol–water partition coefficient (Wildman–Crippen LogP) is 4.88. The van der Waals surface area contributed by atoms with Crippen molar-refractivity contribution >= 4 is 11.4 Å². The lowest BCUT2D eigenvalue weighted by molar-refractivity contribution is -0.525. The monoisotopic (exact) mass is 382 g/mol. The van der Waals surface area contributed by atoms with Crippen LogP contribution in [0.25, 0.3) is 0 Å². The maximum Gasteiger partial charge on any atom is 0.155 e. The number of hydrogen-bond donors (Lipinski definition) is 0. The molecule has 0 aromatic rings. The van der Waals surface area contributed by atoms with Crippen molar-refractivity contribution in [2.45, 2.75) is 86.5 Å². The molecule has 0 spiro atoms. The smallest absolute Gasteiger partial charge is 0.155 e. The zero-order chi connectivity index (χ0) is 18.4. The Labute approximate surface area is 168 Å². The number of unbranched alkanes of at least 4 members (excludes halogenated alkanes) is 2. The zero-order valence-electron chi connectivity index (χ0n) is 18.9. The highest BCUT2D eigenvalue weighted by atomic mass is 16.0. The van der Waals surface area contributed by atoms with Gasteiger partial charge in [-0.1, -0.05) is 48.0 Å². The van der Waals surface area contributed by atoms with Gasteiger partial charge in [0, 0.05) is 49.4 Å². The first kappa shape index (κ1) is 26.3. The minimum atomic E-state index is 0. The lowest BCUT2D eigenvalue weighted by atomic mass is 9.90. The van der Waals surface area contributed by atoms with E-state index in [0.29, 0.717) is 0 Å². The largest absolute Gasteiger partial charge is 0.870 e. The second kappa shape index (κ2) is 12.7. The maximum atomic E-state index is 2.70. The van der Waals surface area contributed by atoms with Crippen molar-refractivity contribution in [1.29, 1.82) is 0 Å². The summed E-state index contributed by atoms with van der Waals surface area (Å²) in [4.78, 5) is 0. The summed E-state index contributed by atoms with van der Waals surface area (Å²) in [6, 6.07) is 0. The van der Waals surface area contributed by atoms with Crippen LogP contribution in [-0.4, -0.2) is 57.7 Å². The van der Waals surface area contributed by atoms with E-state index in [9.17, 15) is 0 Å². The summed E-state index contributed by atoms with van der Waals surface area (Å²) in [5.41, 5.74) is 3.52. The second-order valence-corrected chi connectivity index (χ2v) is 8.97. The van der Waals surface area contributed by atoms with Crippen molar-refractivity contribution < 1.29 is 20.1 Å². The Hall–Kier alpha value is -0.740. The first-order valence-electron chi connectivity index (χ1n) is 11.2. The molecule has 4 unspecified atom stereocenters. The topological polar surface area (TPSA) is 66.0 Å². The molecule has 2 aliphatic heterocycles. The molecule has 4 atom stereocenters. The summed E-state index contributed by atoms with van der Waals surface area (Å²) < 4.78 is 5.40. The molecule has 0 fully saturated rings. The van der Waals surface area contributed by atoms with Crippen molar-refractivity contribution in [1.82, 2.24) is 0 Å². The van der Waals surface area contributed by atoms with Crippen molar-refractivity contribution in [3.63, 3.8) is 0 Å². The van der Waals surface area contributed by atoms with E-state index >= 15 is 0 Å². The Bertz CT molecular complexity index is 455. The number of hydrogen-bond acceptors (Lipinski definition) is 2. The molecule has 0 radical (unpaired) electrons.